The Morgan fingerprint density at radius 1 is 0.970 bits per heavy atom. The van der Waals surface area contributed by atoms with E-state index in [4.69, 9.17) is 4.74 Å². The number of carbonyl (C=O) groups is 2. The Morgan fingerprint density at radius 3 is 1.82 bits per heavy atom. The Bertz CT molecular complexity index is 411. The summed E-state index contributed by atoms with van der Waals surface area (Å²) in [6, 6.07) is 0.648. The minimum atomic E-state index is 0. The molecule has 5 nitrogen and oxygen atoms in total. The van der Waals surface area contributed by atoms with E-state index in [1.807, 2.05) is 34.6 Å². The number of unbranched alkanes of at least 4 members (excludes halogenated alkanes) is 1. The molecule has 200 valence electrons. The van der Waals surface area contributed by atoms with E-state index in [-0.39, 0.29) is 52.0 Å². The van der Waals surface area contributed by atoms with Gasteiger partial charge in [-0.05, 0) is 20.0 Å². The summed E-state index contributed by atoms with van der Waals surface area (Å²) >= 11 is 0. The van der Waals surface area contributed by atoms with Crippen molar-refractivity contribution in [3.05, 3.63) is 14.4 Å². The molecular weight excluding hydrogens is 584 g/mol. The standard InChI is InChI=1S/C18H32NO3.C5H13N.C3H7.CH3.W/c1-14(2)17(20)9-7-6-8-16(12-19-5)13-22-11-10-18(21)15(3)4;1-4-6-5(2)3;1-3-2;;/h14-16H,6-11,13H2,1-5H3;5-6H,4H2,1-3H3;1,3H2,2H3;1H3;/q-1;;2*-1;. The van der Waals surface area contributed by atoms with Gasteiger partial charge in [-0.2, -0.15) is 6.42 Å². The fourth-order valence-corrected chi connectivity index (χ4v) is 2.44. The number of hydrogen-bond acceptors (Lipinski definition) is 5. The molecule has 33 heavy (non-hydrogen) atoms. The van der Waals surface area contributed by atoms with E-state index in [2.05, 4.69) is 44.2 Å². The number of carbonyl (C=O) groups excluding carboxylic acids is 2. The van der Waals surface area contributed by atoms with E-state index in [9.17, 15) is 9.59 Å². The molecule has 6 heteroatoms. The third-order valence-electron chi connectivity index (χ3n) is 4.25. The van der Waals surface area contributed by atoms with Gasteiger partial charge < -0.3 is 35.6 Å². The fourth-order valence-electron chi connectivity index (χ4n) is 2.44. The maximum atomic E-state index is 11.6. The number of aliphatic imine (C=N–C) groups is 1. The van der Waals surface area contributed by atoms with E-state index in [1.54, 1.807) is 7.05 Å². The summed E-state index contributed by atoms with van der Waals surface area (Å²) in [7, 11) is 1.71. The Labute approximate surface area is 222 Å². The molecule has 0 aromatic carbocycles. The van der Waals surface area contributed by atoms with Crippen molar-refractivity contribution in [2.24, 2.45) is 22.7 Å². The van der Waals surface area contributed by atoms with Crippen molar-refractivity contribution in [3.63, 3.8) is 0 Å². The fraction of sp³-hybridized carbons (Fsp3) is 0.815. The molecule has 0 aliphatic rings. The van der Waals surface area contributed by atoms with Crippen LogP contribution >= 0.6 is 0 Å². The van der Waals surface area contributed by atoms with Crippen molar-refractivity contribution >= 4 is 17.8 Å². The molecule has 0 spiro atoms. The molecule has 0 radical (unpaired) electrons. The van der Waals surface area contributed by atoms with E-state index in [0.717, 1.165) is 32.2 Å². The molecule has 1 atom stereocenters. The summed E-state index contributed by atoms with van der Waals surface area (Å²) < 4.78 is 5.58. The normalized spacial score (nSPS) is 11.2. The van der Waals surface area contributed by atoms with Crippen LogP contribution in [0.1, 0.15) is 93.9 Å². The minimum Gasteiger partial charge on any atom is -0.505 e. The van der Waals surface area contributed by atoms with Gasteiger partial charge in [-0.15, -0.1) is 5.92 Å². The van der Waals surface area contributed by atoms with Crippen molar-refractivity contribution in [1.82, 2.24) is 5.32 Å². The maximum Gasteiger partial charge on any atom is 0.137 e. The van der Waals surface area contributed by atoms with Crippen LogP contribution < -0.4 is 5.32 Å². The Kier molecular flexibility index (Phi) is 41.0. The molecule has 0 rings (SSSR count). The Balaban J connectivity index is -0.000000202. The van der Waals surface area contributed by atoms with Crippen LogP contribution in [0.3, 0.4) is 0 Å². The number of hydrogen-bond donors (Lipinski definition) is 1. The van der Waals surface area contributed by atoms with Crippen molar-refractivity contribution in [1.29, 1.82) is 0 Å². The molecule has 0 bridgehead atoms. The first kappa shape index (κ1) is 42.8. The van der Waals surface area contributed by atoms with Gasteiger partial charge in [-0.3, -0.25) is 9.59 Å². The second kappa shape index (κ2) is 31.6. The third-order valence-corrected chi connectivity index (χ3v) is 4.25. The molecule has 0 aliphatic heterocycles. The number of rotatable bonds is 15. The zero-order chi connectivity index (χ0) is 24.7. The molecule has 0 amide bonds. The van der Waals surface area contributed by atoms with Gasteiger partial charge in [0.05, 0.1) is 6.61 Å². The van der Waals surface area contributed by atoms with Crippen molar-refractivity contribution in [2.75, 3.05) is 26.8 Å². The van der Waals surface area contributed by atoms with Crippen LogP contribution in [0, 0.1) is 32.1 Å². The summed E-state index contributed by atoms with van der Waals surface area (Å²) in [6.07, 6.45) is 7.95. The molecule has 0 saturated carbocycles. The van der Waals surface area contributed by atoms with Gasteiger partial charge in [0.25, 0.3) is 0 Å². The second-order valence-corrected chi connectivity index (χ2v) is 8.57. The molecular formula is C27H55N2O3W-3. The first-order valence-electron chi connectivity index (χ1n) is 12.1. The maximum absolute atomic E-state index is 11.6. The number of nitrogens with zero attached hydrogens (tertiary/aromatic N) is 1. The van der Waals surface area contributed by atoms with Crippen LogP contribution in [0.4, 0.5) is 0 Å². The molecule has 0 heterocycles. The zero-order valence-corrected chi connectivity index (χ0v) is 26.4. The summed E-state index contributed by atoms with van der Waals surface area (Å²) in [5.74, 6) is 0.904. The van der Waals surface area contributed by atoms with E-state index in [0.29, 0.717) is 37.9 Å². The molecule has 0 saturated heterocycles. The van der Waals surface area contributed by atoms with Crippen LogP contribution in [-0.4, -0.2) is 50.6 Å². The van der Waals surface area contributed by atoms with E-state index < -0.39 is 0 Å². The van der Waals surface area contributed by atoms with Crippen LogP contribution in [0.2, 0.25) is 0 Å². The Morgan fingerprint density at radius 2 is 1.45 bits per heavy atom. The number of ketones is 2. The first-order chi connectivity index (χ1) is 14.6. The van der Waals surface area contributed by atoms with Crippen molar-refractivity contribution in [3.8, 4) is 0 Å². The predicted molar refractivity (Wildman–Crippen MR) is 141 cm³/mol. The first-order valence-corrected chi connectivity index (χ1v) is 12.1. The number of Topliss-reactive ketones (excluding diaryl/α,β-unsaturated/α-hetero) is 2. The minimum absolute atomic E-state index is 0. The molecule has 1 unspecified atom stereocenters. The number of nitrogens with one attached hydrogen (secondary N) is 1. The topological polar surface area (TPSA) is 67.8 Å². The van der Waals surface area contributed by atoms with E-state index in [1.165, 1.54) is 0 Å². The average molecular weight is 640 g/mol. The van der Waals surface area contributed by atoms with Gasteiger partial charge in [0.2, 0.25) is 0 Å². The Hall–Kier alpha value is -0.382. The smallest absolute Gasteiger partial charge is 0.137 e. The van der Waals surface area contributed by atoms with Gasteiger partial charge in [0.1, 0.15) is 11.6 Å². The molecule has 0 aromatic heterocycles. The van der Waals surface area contributed by atoms with Crippen molar-refractivity contribution < 1.29 is 35.4 Å². The summed E-state index contributed by atoms with van der Waals surface area (Å²) in [5.41, 5.74) is 0. The third kappa shape index (κ3) is 36.4. The monoisotopic (exact) mass is 639 g/mol. The van der Waals surface area contributed by atoms with Gasteiger partial charge in [0, 0.05) is 58.4 Å². The average Bonchev–Trinajstić information content (AvgIpc) is 2.68. The quantitative estimate of drug-likeness (QED) is 0.130. The SMILES string of the molecule is CCNC(C)C.CN=[C-]C(CCCCC(=O)C(C)C)COCCC(=O)C(C)C.[CH2-]CC.[CH3-].[W]. The summed E-state index contributed by atoms with van der Waals surface area (Å²) in [6.45, 7) is 21.7. The van der Waals surface area contributed by atoms with Crippen LogP contribution in [-0.2, 0) is 35.4 Å². The molecule has 0 fully saturated rings. The number of ether oxygens (including phenoxy) is 1. The van der Waals surface area contributed by atoms with Gasteiger partial charge in [-0.1, -0.05) is 68.2 Å². The van der Waals surface area contributed by atoms with Gasteiger partial charge in [-0.25, -0.2) is 0 Å². The molecule has 0 aromatic rings. The molecule has 1 N–H and O–H groups in total. The van der Waals surface area contributed by atoms with E-state index >= 15 is 0 Å². The van der Waals surface area contributed by atoms with Crippen LogP contribution in [0.25, 0.3) is 0 Å². The molecule has 0 aliphatic carbocycles. The zero-order valence-electron chi connectivity index (χ0n) is 23.5. The predicted octanol–water partition coefficient (Wildman–Crippen LogP) is 6.28. The van der Waals surface area contributed by atoms with Crippen LogP contribution in [0.15, 0.2) is 4.99 Å². The summed E-state index contributed by atoms with van der Waals surface area (Å²) in [5, 5.41) is 3.21. The van der Waals surface area contributed by atoms with Gasteiger partial charge >= 0.3 is 0 Å². The van der Waals surface area contributed by atoms with Gasteiger partial charge in [0.15, 0.2) is 0 Å². The van der Waals surface area contributed by atoms with Crippen LogP contribution in [0.5, 0.6) is 0 Å². The largest absolute Gasteiger partial charge is 0.505 e. The second-order valence-electron chi connectivity index (χ2n) is 8.57. The van der Waals surface area contributed by atoms with Crippen molar-refractivity contribution in [2.45, 2.75) is 100.0 Å². The summed E-state index contributed by atoms with van der Waals surface area (Å²) in [4.78, 5) is 27.0.